The number of ether oxygens (including phenoxy) is 1. The largest absolute Gasteiger partial charge is 0.433 e. The molecular formula is C12H16N4O5. The van der Waals surface area contributed by atoms with Crippen molar-refractivity contribution in [3.05, 3.63) is 28.0 Å². The van der Waals surface area contributed by atoms with Gasteiger partial charge >= 0.3 is 11.9 Å². The van der Waals surface area contributed by atoms with Crippen LogP contribution in [0.4, 0.5) is 5.88 Å². The molecule has 3 heterocycles. The second-order valence-electron chi connectivity index (χ2n) is 4.82. The van der Waals surface area contributed by atoms with E-state index in [0.29, 0.717) is 6.02 Å². The first-order valence-corrected chi connectivity index (χ1v) is 6.76. The molecule has 0 radical (unpaired) electrons. The van der Waals surface area contributed by atoms with E-state index in [1.807, 2.05) is 4.90 Å². The monoisotopic (exact) mass is 296 g/mol. The van der Waals surface area contributed by atoms with Crippen LogP contribution in [0.15, 0.2) is 21.7 Å². The summed E-state index contributed by atoms with van der Waals surface area (Å²) in [7, 11) is 1.45. The lowest BCUT2D eigenvalue weighted by atomic mass is 10.1. The highest BCUT2D eigenvalue weighted by Crippen LogP contribution is 2.32. The molecule has 0 saturated carbocycles. The molecular weight excluding hydrogens is 280 g/mol. The molecule has 21 heavy (non-hydrogen) atoms. The molecule has 0 spiro atoms. The first-order valence-electron chi connectivity index (χ1n) is 6.76. The number of nitrogens with zero attached hydrogens (tertiary/aromatic N) is 4. The number of piperidine rings is 1. The van der Waals surface area contributed by atoms with Crippen LogP contribution in [0.2, 0.25) is 0 Å². The van der Waals surface area contributed by atoms with Crippen molar-refractivity contribution in [2.75, 3.05) is 20.2 Å². The molecule has 1 atom stereocenters. The molecule has 3 rings (SSSR count). The quantitative estimate of drug-likeness (QED) is 0.620. The minimum atomic E-state index is -0.749. The molecule has 1 saturated heterocycles. The number of nitro groups is 1. The number of rotatable bonds is 3. The SMILES string of the molecule is CON1N=C(N2CCCCC2)OC1c1ccc([N+](=O)[O-])o1. The zero-order valence-electron chi connectivity index (χ0n) is 11.6. The van der Waals surface area contributed by atoms with Gasteiger partial charge in [-0.05, 0) is 25.3 Å². The van der Waals surface area contributed by atoms with Crippen LogP contribution in [0.1, 0.15) is 31.3 Å². The van der Waals surface area contributed by atoms with Crippen molar-refractivity contribution >= 4 is 11.9 Å². The van der Waals surface area contributed by atoms with Gasteiger partial charge in [-0.3, -0.25) is 15.0 Å². The van der Waals surface area contributed by atoms with Gasteiger partial charge in [0.15, 0.2) is 5.76 Å². The van der Waals surface area contributed by atoms with Gasteiger partial charge < -0.3 is 14.1 Å². The van der Waals surface area contributed by atoms with Gasteiger partial charge in [-0.2, -0.15) is 0 Å². The average Bonchev–Trinajstić information content (AvgIpc) is 3.14. The van der Waals surface area contributed by atoms with E-state index in [9.17, 15) is 10.1 Å². The normalized spacial score (nSPS) is 22.1. The smallest absolute Gasteiger partial charge is 0.428 e. The number of hydrazone groups is 1. The molecule has 2 aliphatic heterocycles. The summed E-state index contributed by atoms with van der Waals surface area (Å²) in [5.74, 6) is -0.0598. The van der Waals surface area contributed by atoms with Gasteiger partial charge in [0.05, 0.1) is 13.2 Å². The van der Waals surface area contributed by atoms with Crippen LogP contribution in [0, 0.1) is 10.1 Å². The van der Waals surface area contributed by atoms with Crippen molar-refractivity contribution in [1.82, 2.24) is 10.1 Å². The van der Waals surface area contributed by atoms with Crippen molar-refractivity contribution in [2.45, 2.75) is 25.5 Å². The molecule has 1 aromatic rings. The highest BCUT2D eigenvalue weighted by molar-refractivity contribution is 5.75. The molecule has 0 N–H and O–H groups in total. The van der Waals surface area contributed by atoms with Crippen molar-refractivity contribution < 1.29 is 18.9 Å². The Morgan fingerprint density at radius 2 is 2.14 bits per heavy atom. The predicted molar refractivity (Wildman–Crippen MR) is 70.9 cm³/mol. The molecule has 114 valence electrons. The summed E-state index contributed by atoms with van der Waals surface area (Å²) in [5, 5.41) is 16.2. The molecule has 9 heteroatoms. The van der Waals surface area contributed by atoms with Crippen molar-refractivity contribution in [3.63, 3.8) is 0 Å². The van der Waals surface area contributed by atoms with E-state index in [1.54, 1.807) is 0 Å². The zero-order chi connectivity index (χ0) is 14.8. The summed E-state index contributed by atoms with van der Waals surface area (Å²) in [6, 6.07) is 3.23. The third kappa shape index (κ3) is 2.64. The molecule has 2 aliphatic rings. The third-order valence-electron chi connectivity index (χ3n) is 3.45. The number of hydrogen-bond donors (Lipinski definition) is 0. The topological polar surface area (TPSA) is 93.6 Å². The zero-order valence-corrected chi connectivity index (χ0v) is 11.6. The van der Waals surface area contributed by atoms with Crippen molar-refractivity contribution in [3.8, 4) is 0 Å². The Morgan fingerprint density at radius 3 is 2.76 bits per heavy atom. The Bertz CT molecular complexity index is 552. The lowest BCUT2D eigenvalue weighted by Crippen LogP contribution is -2.35. The van der Waals surface area contributed by atoms with Gasteiger partial charge in [-0.1, -0.05) is 5.10 Å². The Balaban J connectivity index is 1.76. The highest BCUT2D eigenvalue weighted by atomic mass is 16.8. The molecule has 1 unspecified atom stereocenters. The number of hydrogen-bond acceptors (Lipinski definition) is 8. The summed E-state index contributed by atoms with van der Waals surface area (Å²) in [4.78, 5) is 17.3. The van der Waals surface area contributed by atoms with Crippen LogP contribution in [-0.4, -0.2) is 41.2 Å². The summed E-state index contributed by atoms with van der Waals surface area (Å²) in [6.45, 7) is 1.75. The van der Waals surface area contributed by atoms with Crippen LogP contribution < -0.4 is 0 Å². The van der Waals surface area contributed by atoms with Gasteiger partial charge in [-0.15, -0.1) is 5.17 Å². The molecule has 1 aromatic heterocycles. The highest BCUT2D eigenvalue weighted by Gasteiger charge is 2.36. The van der Waals surface area contributed by atoms with E-state index in [4.69, 9.17) is 14.0 Å². The van der Waals surface area contributed by atoms with E-state index in [0.717, 1.165) is 25.9 Å². The van der Waals surface area contributed by atoms with Gasteiger partial charge in [-0.25, -0.2) is 0 Å². The van der Waals surface area contributed by atoms with E-state index in [2.05, 4.69) is 5.10 Å². The van der Waals surface area contributed by atoms with Gasteiger partial charge in [0.2, 0.25) is 0 Å². The maximum atomic E-state index is 10.7. The van der Waals surface area contributed by atoms with Gasteiger partial charge in [0.25, 0.3) is 6.23 Å². The Morgan fingerprint density at radius 1 is 1.38 bits per heavy atom. The van der Waals surface area contributed by atoms with Crippen molar-refractivity contribution in [2.24, 2.45) is 5.10 Å². The molecule has 9 nitrogen and oxygen atoms in total. The van der Waals surface area contributed by atoms with Gasteiger partial charge in [0, 0.05) is 13.1 Å². The molecule has 0 aromatic carbocycles. The summed E-state index contributed by atoms with van der Waals surface area (Å²) in [6.07, 6.45) is 2.63. The number of hydroxylamine groups is 1. The first-order chi connectivity index (χ1) is 10.2. The predicted octanol–water partition coefficient (Wildman–Crippen LogP) is 1.84. The number of furan rings is 1. The second-order valence-corrected chi connectivity index (χ2v) is 4.82. The third-order valence-corrected chi connectivity index (χ3v) is 3.45. The second kappa shape index (κ2) is 5.60. The lowest BCUT2D eigenvalue weighted by molar-refractivity contribution is -0.402. The molecule has 0 amide bonds. The van der Waals surface area contributed by atoms with Crippen LogP contribution in [0.25, 0.3) is 0 Å². The summed E-state index contributed by atoms with van der Waals surface area (Å²) >= 11 is 0. The molecule has 0 bridgehead atoms. The lowest BCUT2D eigenvalue weighted by Gasteiger charge is -2.26. The van der Waals surface area contributed by atoms with Crippen LogP contribution >= 0.6 is 0 Å². The molecule has 1 fully saturated rings. The van der Waals surface area contributed by atoms with Crippen LogP contribution in [0.3, 0.4) is 0 Å². The first kappa shape index (κ1) is 13.7. The van der Waals surface area contributed by atoms with E-state index in [1.165, 1.54) is 30.8 Å². The van der Waals surface area contributed by atoms with Crippen molar-refractivity contribution in [1.29, 1.82) is 0 Å². The van der Waals surface area contributed by atoms with E-state index in [-0.39, 0.29) is 11.6 Å². The maximum absolute atomic E-state index is 10.7. The summed E-state index contributed by atoms with van der Waals surface area (Å²) in [5.41, 5.74) is 0. The van der Waals surface area contributed by atoms with Crippen LogP contribution in [-0.2, 0) is 9.57 Å². The Hall–Kier alpha value is -2.29. The van der Waals surface area contributed by atoms with E-state index >= 15 is 0 Å². The Labute approximate surface area is 120 Å². The fourth-order valence-electron chi connectivity index (χ4n) is 2.40. The minimum absolute atomic E-state index is 0.277. The Kier molecular flexibility index (Phi) is 3.65. The average molecular weight is 296 g/mol. The number of amidine groups is 1. The summed E-state index contributed by atoms with van der Waals surface area (Å²) < 4.78 is 10.9. The number of likely N-dealkylation sites (tertiary alicyclic amines) is 1. The fourth-order valence-corrected chi connectivity index (χ4v) is 2.40. The van der Waals surface area contributed by atoms with Crippen LogP contribution in [0.5, 0.6) is 0 Å². The standard InChI is InChI=1S/C12H16N4O5/c1-19-15-11(9-5-6-10(20-9)16(17)18)21-12(13-15)14-7-3-2-4-8-14/h5-6,11H,2-4,7-8H2,1H3. The van der Waals surface area contributed by atoms with Gasteiger partial charge in [0.1, 0.15) is 4.92 Å². The minimum Gasteiger partial charge on any atom is -0.428 e. The van der Waals surface area contributed by atoms with E-state index < -0.39 is 11.2 Å². The fraction of sp³-hybridized carbons (Fsp3) is 0.583. The maximum Gasteiger partial charge on any atom is 0.433 e. The molecule has 0 aliphatic carbocycles.